The van der Waals surface area contributed by atoms with Crippen molar-refractivity contribution >= 4 is 16.9 Å². The minimum Gasteiger partial charge on any atom is -0.352 e. The molecule has 4 nitrogen and oxygen atoms in total. The van der Waals surface area contributed by atoms with Crippen LogP contribution in [0.4, 0.5) is 0 Å². The number of para-hydroxylation sites is 2. The fourth-order valence-electron chi connectivity index (χ4n) is 2.90. The highest BCUT2D eigenvalue weighted by Crippen LogP contribution is 2.15. The molecule has 0 unspecified atom stereocenters. The Balaban J connectivity index is 1.57. The van der Waals surface area contributed by atoms with Gasteiger partial charge in [-0.15, -0.1) is 0 Å². The van der Waals surface area contributed by atoms with E-state index in [4.69, 9.17) is 0 Å². The van der Waals surface area contributed by atoms with Gasteiger partial charge in [0, 0.05) is 18.7 Å². The normalized spacial score (nSPS) is 11.0. The van der Waals surface area contributed by atoms with Crippen LogP contribution in [-0.2, 0) is 6.54 Å². The molecule has 0 saturated carbocycles. The Bertz CT molecular complexity index is 880. The molecule has 0 bridgehead atoms. The van der Waals surface area contributed by atoms with Gasteiger partial charge in [-0.25, -0.2) is 4.98 Å². The highest BCUT2D eigenvalue weighted by molar-refractivity contribution is 5.94. The summed E-state index contributed by atoms with van der Waals surface area (Å²) in [5.74, 6) is 1.00. The molecule has 1 amide bonds. The van der Waals surface area contributed by atoms with Gasteiger partial charge in [-0.3, -0.25) is 4.79 Å². The second-order valence-corrected chi connectivity index (χ2v) is 6.21. The maximum Gasteiger partial charge on any atom is 0.251 e. The molecule has 3 aromatic rings. The zero-order valence-electron chi connectivity index (χ0n) is 14.5. The van der Waals surface area contributed by atoms with Gasteiger partial charge in [0.05, 0.1) is 11.0 Å². The number of nitrogens with one attached hydrogen (secondary N) is 1. The summed E-state index contributed by atoms with van der Waals surface area (Å²) >= 11 is 0. The second-order valence-electron chi connectivity index (χ2n) is 6.21. The van der Waals surface area contributed by atoms with Gasteiger partial charge >= 0.3 is 0 Å². The summed E-state index contributed by atoms with van der Waals surface area (Å²) in [6, 6.07) is 14.0. The number of rotatable bonds is 5. The van der Waals surface area contributed by atoms with Crippen molar-refractivity contribution in [2.45, 2.75) is 33.7 Å². The van der Waals surface area contributed by atoms with E-state index in [1.54, 1.807) is 0 Å². The summed E-state index contributed by atoms with van der Waals surface area (Å²) in [6.07, 6.45) is 0.873. The van der Waals surface area contributed by atoms with E-state index >= 15 is 0 Å². The summed E-state index contributed by atoms with van der Waals surface area (Å²) in [5, 5.41) is 3.00. The molecule has 2 aromatic carbocycles. The molecular formula is C20H23N3O. The zero-order chi connectivity index (χ0) is 17.1. The Labute approximate surface area is 142 Å². The molecule has 1 N–H and O–H groups in total. The van der Waals surface area contributed by atoms with Crippen LogP contribution in [0.5, 0.6) is 0 Å². The number of hydrogen-bond donors (Lipinski definition) is 1. The minimum absolute atomic E-state index is 0.00897. The van der Waals surface area contributed by atoms with Crippen LogP contribution in [0, 0.1) is 20.8 Å². The molecule has 3 rings (SSSR count). The first-order valence-corrected chi connectivity index (χ1v) is 8.33. The van der Waals surface area contributed by atoms with Gasteiger partial charge in [-0.1, -0.05) is 18.2 Å². The third-order valence-corrected chi connectivity index (χ3v) is 4.46. The third-order valence-electron chi connectivity index (χ3n) is 4.46. The monoisotopic (exact) mass is 321 g/mol. The Kier molecular flexibility index (Phi) is 4.65. The largest absolute Gasteiger partial charge is 0.352 e. The summed E-state index contributed by atoms with van der Waals surface area (Å²) in [5.41, 5.74) is 5.24. The van der Waals surface area contributed by atoms with Gasteiger partial charge in [0.15, 0.2) is 0 Å². The molecule has 0 saturated heterocycles. The number of benzene rings is 2. The average molecular weight is 321 g/mol. The molecule has 124 valence electrons. The number of nitrogens with zero attached hydrogens (tertiary/aromatic N) is 2. The molecule has 0 fully saturated rings. The van der Waals surface area contributed by atoms with Gasteiger partial charge in [-0.2, -0.15) is 0 Å². The third kappa shape index (κ3) is 3.32. The maximum atomic E-state index is 12.2. The predicted molar refractivity (Wildman–Crippen MR) is 97.3 cm³/mol. The van der Waals surface area contributed by atoms with E-state index in [2.05, 4.69) is 27.9 Å². The van der Waals surface area contributed by atoms with Gasteiger partial charge in [-0.05, 0) is 62.6 Å². The Morgan fingerprint density at radius 1 is 1.08 bits per heavy atom. The lowest BCUT2D eigenvalue weighted by Crippen LogP contribution is -2.25. The van der Waals surface area contributed by atoms with Crippen molar-refractivity contribution in [1.29, 1.82) is 0 Å². The van der Waals surface area contributed by atoms with E-state index in [-0.39, 0.29) is 5.91 Å². The number of hydrogen-bond acceptors (Lipinski definition) is 2. The second kappa shape index (κ2) is 6.87. The molecule has 0 spiro atoms. The predicted octanol–water partition coefficient (Wildman–Crippen LogP) is 3.78. The van der Waals surface area contributed by atoms with Crippen molar-refractivity contribution in [3.8, 4) is 0 Å². The van der Waals surface area contributed by atoms with Gasteiger partial charge in [0.1, 0.15) is 5.82 Å². The lowest BCUT2D eigenvalue weighted by molar-refractivity contribution is 0.0952. The van der Waals surface area contributed by atoms with E-state index in [0.29, 0.717) is 6.54 Å². The number of carbonyl (C=O) groups is 1. The average Bonchev–Trinajstić information content (AvgIpc) is 2.89. The van der Waals surface area contributed by atoms with Crippen LogP contribution < -0.4 is 5.32 Å². The first-order valence-electron chi connectivity index (χ1n) is 8.33. The number of amides is 1. The summed E-state index contributed by atoms with van der Waals surface area (Å²) in [7, 11) is 0. The fraction of sp³-hybridized carbons (Fsp3) is 0.300. The highest BCUT2D eigenvalue weighted by atomic mass is 16.1. The van der Waals surface area contributed by atoms with Crippen molar-refractivity contribution < 1.29 is 4.79 Å². The molecule has 0 aliphatic carbocycles. The molecular weight excluding hydrogens is 298 g/mol. The Morgan fingerprint density at radius 3 is 2.67 bits per heavy atom. The first-order chi connectivity index (χ1) is 11.6. The molecule has 24 heavy (non-hydrogen) atoms. The first kappa shape index (κ1) is 16.2. The van der Waals surface area contributed by atoms with Crippen molar-refractivity contribution in [2.24, 2.45) is 0 Å². The summed E-state index contributed by atoms with van der Waals surface area (Å²) in [4.78, 5) is 16.8. The van der Waals surface area contributed by atoms with Crippen molar-refractivity contribution in [1.82, 2.24) is 14.9 Å². The van der Waals surface area contributed by atoms with E-state index < -0.39 is 0 Å². The van der Waals surface area contributed by atoms with Crippen molar-refractivity contribution in [3.05, 3.63) is 65.0 Å². The van der Waals surface area contributed by atoms with E-state index in [9.17, 15) is 4.79 Å². The molecule has 0 atom stereocenters. The van der Waals surface area contributed by atoms with E-state index in [1.807, 2.05) is 50.2 Å². The molecule has 1 heterocycles. The zero-order valence-corrected chi connectivity index (χ0v) is 14.5. The van der Waals surface area contributed by atoms with Crippen LogP contribution >= 0.6 is 0 Å². The van der Waals surface area contributed by atoms with Gasteiger partial charge in [0.2, 0.25) is 0 Å². The topological polar surface area (TPSA) is 46.9 Å². The summed E-state index contributed by atoms with van der Waals surface area (Å²) < 4.78 is 2.21. The lowest BCUT2D eigenvalue weighted by Gasteiger charge is -2.09. The van der Waals surface area contributed by atoms with Gasteiger partial charge in [0.25, 0.3) is 5.91 Å². The van der Waals surface area contributed by atoms with Gasteiger partial charge < -0.3 is 9.88 Å². The molecule has 0 aliphatic heterocycles. The number of carbonyl (C=O) groups excluding carboxylic acids is 1. The summed E-state index contributed by atoms with van der Waals surface area (Å²) in [6.45, 7) is 7.60. The fourth-order valence-corrected chi connectivity index (χ4v) is 2.90. The molecule has 0 radical (unpaired) electrons. The number of aromatic nitrogens is 2. The molecule has 0 aliphatic rings. The van der Waals surface area contributed by atoms with Crippen LogP contribution in [0.1, 0.15) is 33.7 Å². The maximum absolute atomic E-state index is 12.2. The van der Waals surface area contributed by atoms with Crippen LogP contribution in [0.3, 0.4) is 0 Å². The van der Waals surface area contributed by atoms with Crippen LogP contribution in [0.25, 0.3) is 11.0 Å². The van der Waals surface area contributed by atoms with Crippen LogP contribution in [-0.4, -0.2) is 22.0 Å². The number of fused-ring (bicyclic) bond motifs is 1. The Hall–Kier alpha value is -2.62. The van der Waals surface area contributed by atoms with Crippen LogP contribution in [0.15, 0.2) is 42.5 Å². The Morgan fingerprint density at radius 2 is 1.88 bits per heavy atom. The molecule has 1 aromatic heterocycles. The number of aryl methyl sites for hydroxylation is 4. The quantitative estimate of drug-likeness (QED) is 0.727. The standard InChI is InChI=1S/C20H23N3O/c1-14-9-10-17(13-15(14)2)20(24)21-11-6-12-23-16(3)22-18-7-4-5-8-19(18)23/h4-5,7-10,13H,6,11-12H2,1-3H3,(H,21,24). The van der Waals surface area contributed by atoms with Crippen molar-refractivity contribution in [3.63, 3.8) is 0 Å². The SMILES string of the molecule is Cc1ccc(C(=O)NCCCn2c(C)nc3ccccc32)cc1C. The smallest absolute Gasteiger partial charge is 0.251 e. The lowest BCUT2D eigenvalue weighted by atomic mass is 10.1. The number of imidazole rings is 1. The van der Waals surface area contributed by atoms with E-state index in [0.717, 1.165) is 41.0 Å². The van der Waals surface area contributed by atoms with Crippen molar-refractivity contribution in [2.75, 3.05) is 6.54 Å². The van der Waals surface area contributed by atoms with Crippen LogP contribution in [0.2, 0.25) is 0 Å². The highest BCUT2D eigenvalue weighted by Gasteiger charge is 2.08. The van der Waals surface area contributed by atoms with E-state index in [1.165, 1.54) is 5.56 Å². The molecule has 4 heteroatoms. The minimum atomic E-state index is -0.00897.